The van der Waals surface area contributed by atoms with Crippen molar-refractivity contribution in [2.45, 2.75) is 19.4 Å². The molecular weight excluding hydrogens is 471 g/mol. The maximum absolute atomic E-state index is 5.19. The van der Waals surface area contributed by atoms with Gasteiger partial charge in [-0.15, -0.1) is 35.3 Å². The molecular formula is C20H29IN4OS. The zero-order chi connectivity index (χ0) is 18.2. The van der Waals surface area contributed by atoms with Crippen LogP contribution in [0.5, 0.6) is 5.75 Å². The highest BCUT2D eigenvalue weighted by Crippen LogP contribution is 2.23. The molecule has 1 aliphatic rings. The van der Waals surface area contributed by atoms with E-state index in [-0.39, 0.29) is 24.0 Å². The minimum absolute atomic E-state index is 0. The lowest BCUT2D eigenvalue weighted by atomic mass is 10.1. The van der Waals surface area contributed by atoms with Crippen molar-refractivity contribution in [2.75, 3.05) is 40.3 Å². The predicted octanol–water partition coefficient (Wildman–Crippen LogP) is 3.14. The minimum Gasteiger partial charge on any atom is -0.497 e. The number of fused-ring (bicyclic) bond motifs is 1. The monoisotopic (exact) mass is 500 g/mol. The van der Waals surface area contributed by atoms with Gasteiger partial charge >= 0.3 is 0 Å². The van der Waals surface area contributed by atoms with Crippen LogP contribution in [0.25, 0.3) is 0 Å². The average Bonchev–Trinajstić information content (AvgIpc) is 3.15. The van der Waals surface area contributed by atoms with Crippen LogP contribution < -0.4 is 15.4 Å². The number of rotatable bonds is 7. The van der Waals surface area contributed by atoms with E-state index in [1.165, 1.54) is 17.5 Å². The summed E-state index contributed by atoms with van der Waals surface area (Å²) >= 11 is 1.89. The van der Waals surface area contributed by atoms with Crippen LogP contribution in [0.15, 0.2) is 40.7 Å². The second-order valence-electron chi connectivity index (χ2n) is 6.42. The molecule has 0 saturated carbocycles. The molecule has 2 N–H and O–H groups in total. The van der Waals surface area contributed by atoms with E-state index in [0.29, 0.717) is 0 Å². The summed E-state index contributed by atoms with van der Waals surface area (Å²) in [5.41, 5.74) is 2.79. The third-order valence-corrected chi connectivity index (χ3v) is 5.72. The van der Waals surface area contributed by atoms with Gasteiger partial charge in [-0.1, -0.05) is 12.1 Å². The molecule has 2 heterocycles. The van der Waals surface area contributed by atoms with Crippen molar-refractivity contribution in [2.24, 2.45) is 4.99 Å². The maximum Gasteiger partial charge on any atom is 0.191 e. The number of hydrogen-bond donors (Lipinski definition) is 2. The van der Waals surface area contributed by atoms with E-state index in [2.05, 4.69) is 44.1 Å². The summed E-state index contributed by atoms with van der Waals surface area (Å²) < 4.78 is 5.19. The average molecular weight is 500 g/mol. The Hall–Kier alpha value is -1.32. The van der Waals surface area contributed by atoms with Crippen molar-refractivity contribution in [3.8, 4) is 5.75 Å². The summed E-state index contributed by atoms with van der Waals surface area (Å²) in [5, 5.41) is 9.01. The maximum atomic E-state index is 5.19. The van der Waals surface area contributed by atoms with Crippen LogP contribution in [-0.4, -0.2) is 51.2 Å². The standard InChI is InChI=1S/C20H28N4OS.HI/c1-21-20(22-10-7-16-3-5-18(25-2)6-4-16)23-11-13-24-12-8-19-17(15-24)9-14-26-19;/h3-6,9,14H,7-8,10-13,15H2,1-2H3,(H2,21,22,23);1H. The Labute approximate surface area is 183 Å². The van der Waals surface area contributed by atoms with Gasteiger partial charge in [0, 0.05) is 44.6 Å². The molecule has 7 heteroatoms. The topological polar surface area (TPSA) is 48.9 Å². The summed E-state index contributed by atoms with van der Waals surface area (Å²) in [7, 11) is 3.51. The van der Waals surface area contributed by atoms with Gasteiger partial charge in [-0.25, -0.2) is 0 Å². The van der Waals surface area contributed by atoms with E-state index in [1.54, 1.807) is 12.0 Å². The summed E-state index contributed by atoms with van der Waals surface area (Å²) in [4.78, 5) is 8.38. The quantitative estimate of drug-likeness (QED) is 0.349. The Balaban J connectivity index is 0.00000261. The fourth-order valence-corrected chi connectivity index (χ4v) is 4.06. The fraction of sp³-hybridized carbons (Fsp3) is 0.450. The minimum atomic E-state index is 0. The first-order valence-corrected chi connectivity index (χ1v) is 10.0. The van der Waals surface area contributed by atoms with Gasteiger partial charge in [0.15, 0.2) is 5.96 Å². The Bertz CT molecular complexity index is 717. The molecule has 3 rings (SSSR count). The number of methoxy groups -OCH3 is 1. The molecule has 0 bridgehead atoms. The van der Waals surface area contributed by atoms with Gasteiger partial charge in [0.2, 0.25) is 0 Å². The fourth-order valence-electron chi connectivity index (χ4n) is 3.17. The SMILES string of the molecule is CN=C(NCCc1ccc(OC)cc1)NCCN1CCc2sccc2C1.I. The zero-order valence-corrected chi connectivity index (χ0v) is 19.2. The van der Waals surface area contributed by atoms with Crippen LogP contribution in [0.4, 0.5) is 0 Å². The highest BCUT2D eigenvalue weighted by molar-refractivity contribution is 14.0. The molecule has 148 valence electrons. The van der Waals surface area contributed by atoms with Crippen LogP contribution in [-0.2, 0) is 19.4 Å². The Morgan fingerprint density at radius 3 is 2.70 bits per heavy atom. The molecule has 1 aromatic heterocycles. The van der Waals surface area contributed by atoms with Crippen molar-refractivity contribution in [3.05, 3.63) is 51.7 Å². The van der Waals surface area contributed by atoms with E-state index < -0.39 is 0 Å². The second-order valence-corrected chi connectivity index (χ2v) is 7.42. The van der Waals surface area contributed by atoms with Gasteiger partial charge in [-0.3, -0.25) is 9.89 Å². The first-order valence-electron chi connectivity index (χ1n) is 9.13. The summed E-state index contributed by atoms with van der Waals surface area (Å²) in [5.74, 6) is 1.76. The second kappa shape index (κ2) is 11.5. The molecule has 0 unspecified atom stereocenters. The van der Waals surface area contributed by atoms with Crippen molar-refractivity contribution in [1.29, 1.82) is 0 Å². The highest BCUT2D eigenvalue weighted by Gasteiger charge is 2.16. The molecule has 5 nitrogen and oxygen atoms in total. The lowest BCUT2D eigenvalue weighted by Crippen LogP contribution is -2.43. The number of thiophene rings is 1. The van der Waals surface area contributed by atoms with E-state index in [9.17, 15) is 0 Å². The smallest absolute Gasteiger partial charge is 0.191 e. The molecule has 1 aliphatic heterocycles. The number of aliphatic imine (C=N–C) groups is 1. The number of nitrogens with zero attached hydrogens (tertiary/aromatic N) is 2. The van der Waals surface area contributed by atoms with Crippen molar-refractivity contribution in [3.63, 3.8) is 0 Å². The van der Waals surface area contributed by atoms with Crippen molar-refractivity contribution in [1.82, 2.24) is 15.5 Å². The molecule has 0 atom stereocenters. The number of guanidine groups is 1. The number of ether oxygens (including phenoxy) is 1. The van der Waals surface area contributed by atoms with Crippen molar-refractivity contribution < 1.29 is 4.74 Å². The lowest BCUT2D eigenvalue weighted by molar-refractivity contribution is 0.260. The van der Waals surface area contributed by atoms with Gasteiger partial charge in [0.05, 0.1) is 7.11 Å². The summed E-state index contributed by atoms with van der Waals surface area (Å²) in [6.07, 6.45) is 2.14. The van der Waals surface area contributed by atoms with Gasteiger partial charge in [0.25, 0.3) is 0 Å². The zero-order valence-electron chi connectivity index (χ0n) is 16.0. The van der Waals surface area contributed by atoms with Gasteiger partial charge in [0.1, 0.15) is 5.75 Å². The van der Waals surface area contributed by atoms with Gasteiger partial charge in [-0.05, 0) is 47.5 Å². The van der Waals surface area contributed by atoms with Crippen LogP contribution in [0.3, 0.4) is 0 Å². The van der Waals surface area contributed by atoms with Gasteiger partial charge in [-0.2, -0.15) is 0 Å². The van der Waals surface area contributed by atoms with Crippen molar-refractivity contribution >= 4 is 41.3 Å². The van der Waals surface area contributed by atoms with Crippen LogP contribution in [0.2, 0.25) is 0 Å². The number of nitrogens with one attached hydrogen (secondary N) is 2. The normalized spacial score (nSPS) is 14.2. The third kappa shape index (κ3) is 6.65. The number of hydrogen-bond acceptors (Lipinski definition) is 4. The Morgan fingerprint density at radius 1 is 1.19 bits per heavy atom. The predicted molar refractivity (Wildman–Crippen MR) is 125 cm³/mol. The molecule has 0 radical (unpaired) electrons. The van der Waals surface area contributed by atoms with Crippen LogP contribution >= 0.6 is 35.3 Å². The molecule has 0 saturated heterocycles. The van der Waals surface area contributed by atoms with E-state index in [0.717, 1.165) is 50.9 Å². The molecule has 2 aromatic rings. The Kier molecular flexibility index (Phi) is 9.36. The lowest BCUT2D eigenvalue weighted by Gasteiger charge is -2.27. The molecule has 27 heavy (non-hydrogen) atoms. The summed E-state index contributed by atoms with van der Waals surface area (Å²) in [6.45, 7) is 5.02. The van der Waals surface area contributed by atoms with E-state index in [1.807, 2.05) is 30.5 Å². The van der Waals surface area contributed by atoms with Crippen LogP contribution in [0.1, 0.15) is 16.0 Å². The summed E-state index contributed by atoms with van der Waals surface area (Å²) in [6, 6.07) is 10.5. The molecule has 0 amide bonds. The number of benzene rings is 1. The van der Waals surface area contributed by atoms with Gasteiger partial charge < -0.3 is 15.4 Å². The first-order chi connectivity index (χ1) is 12.8. The molecule has 0 fully saturated rings. The van der Waals surface area contributed by atoms with E-state index >= 15 is 0 Å². The number of halogens is 1. The van der Waals surface area contributed by atoms with Crippen LogP contribution in [0, 0.1) is 0 Å². The Morgan fingerprint density at radius 2 is 1.96 bits per heavy atom. The first kappa shape index (κ1) is 22.0. The molecule has 1 aromatic carbocycles. The molecule has 0 aliphatic carbocycles. The highest BCUT2D eigenvalue weighted by atomic mass is 127. The third-order valence-electron chi connectivity index (χ3n) is 4.70. The largest absolute Gasteiger partial charge is 0.497 e. The molecule has 0 spiro atoms. The van der Waals surface area contributed by atoms with E-state index in [4.69, 9.17) is 4.74 Å².